The lowest BCUT2D eigenvalue weighted by atomic mass is 9.43. The van der Waals surface area contributed by atoms with E-state index in [0.717, 1.165) is 28.5 Å². The highest BCUT2D eigenvalue weighted by Gasteiger charge is 2.62. The molecule has 1 spiro atoms. The minimum Gasteiger partial charge on any atom is -0.208 e. The molecule has 0 aliphatic heterocycles. The third-order valence-electron chi connectivity index (χ3n) is 15.7. The largest absolute Gasteiger partial charge is 0.208 e. The van der Waals surface area contributed by atoms with Gasteiger partial charge in [0.1, 0.15) is 0 Å². The lowest BCUT2D eigenvalue weighted by Crippen LogP contribution is -2.55. The predicted octanol–water partition coefficient (Wildman–Crippen LogP) is 14.2. The Bertz CT molecular complexity index is 3010. The molecule has 3 heteroatoms. The summed E-state index contributed by atoms with van der Waals surface area (Å²) in [6.45, 7) is 4.96. The average molecular weight is 786 g/mol. The van der Waals surface area contributed by atoms with Gasteiger partial charge in [-0.2, -0.15) is 0 Å². The summed E-state index contributed by atoms with van der Waals surface area (Å²) in [6, 6.07) is 60.0. The van der Waals surface area contributed by atoms with Gasteiger partial charge in [0, 0.05) is 27.5 Å². The Morgan fingerprint density at radius 3 is 1.38 bits per heavy atom. The summed E-state index contributed by atoms with van der Waals surface area (Å²) in [5.74, 6) is 5.24. The molecule has 61 heavy (non-hydrogen) atoms. The summed E-state index contributed by atoms with van der Waals surface area (Å²) in [5.41, 5.74) is 19.9. The Kier molecular flexibility index (Phi) is 7.54. The molecule has 8 aromatic rings. The maximum Gasteiger partial charge on any atom is 0.164 e. The van der Waals surface area contributed by atoms with Crippen molar-refractivity contribution in [2.75, 3.05) is 0 Å². The summed E-state index contributed by atoms with van der Waals surface area (Å²) in [5, 5.41) is 0. The topological polar surface area (TPSA) is 38.7 Å². The Morgan fingerprint density at radius 2 is 0.803 bits per heavy atom. The fourth-order valence-electron chi connectivity index (χ4n) is 13.4. The van der Waals surface area contributed by atoms with Gasteiger partial charge >= 0.3 is 0 Å². The number of fused-ring (bicyclic) bond motifs is 7. The predicted molar refractivity (Wildman–Crippen MR) is 248 cm³/mol. The molecule has 0 saturated heterocycles. The van der Waals surface area contributed by atoms with Crippen LogP contribution in [0.15, 0.2) is 164 Å². The van der Waals surface area contributed by atoms with Crippen molar-refractivity contribution >= 4 is 0 Å². The van der Waals surface area contributed by atoms with Crippen LogP contribution in [0.25, 0.3) is 78.7 Å². The SMILES string of the molecule is CC1(C)c2ccccc2-c2c(-c3ccc(-c4nc(-c5ccccc5)nc(-c5ccc(-c6ccccc6)cc5)n4)cc3)cc3c(c21)-c1ccccc1C31C2CC3CC(C2)CC1C3. The first kappa shape index (κ1) is 35.3. The van der Waals surface area contributed by atoms with Crippen LogP contribution >= 0.6 is 0 Å². The maximum absolute atomic E-state index is 5.16. The van der Waals surface area contributed by atoms with Crippen LogP contribution in [0.3, 0.4) is 0 Å². The highest BCUT2D eigenvalue weighted by Crippen LogP contribution is 2.71. The summed E-state index contributed by atoms with van der Waals surface area (Å²) in [7, 11) is 0. The highest BCUT2D eigenvalue weighted by molar-refractivity contribution is 6.01. The Hall–Kier alpha value is -6.45. The van der Waals surface area contributed by atoms with E-state index in [0.29, 0.717) is 29.3 Å². The van der Waals surface area contributed by atoms with Crippen LogP contribution in [0.5, 0.6) is 0 Å². The zero-order valence-electron chi connectivity index (χ0n) is 34.8. The molecule has 294 valence electrons. The molecule has 0 amide bonds. The van der Waals surface area contributed by atoms with E-state index in [1.807, 2.05) is 18.2 Å². The maximum atomic E-state index is 5.16. The average Bonchev–Trinajstić information content (AvgIpc) is 3.73. The molecule has 1 aromatic heterocycles. The van der Waals surface area contributed by atoms with Gasteiger partial charge < -0.3 is 0 Å². The van der Waals surface area contributed by atoms with E-state index < -0.39 is 0 Å². The van der Waals surface area contributed by atoms with Gasteiger partial charge in [0.25, 0.3) is 0 Å². The standard InChI is InChI=1S/C58H47N3/c1-57(2)48-19-11-9-17-45(48)51-47(34-50-52(53(51)57)46-18-10-12-20-49(46)58(50)43-30-35-29-36(32-43)33-44(58)31-35)39-23-27-42(28-24-39)56-60-54(40-15-7-4-8-16-40)59-55(61-56)41-25-21-38(22-26-41)37-13-5-3-6-14-37/h3-28,34-36,43-44H,29-33H2,1-2H3. The van der Waals surface area contributed by atoms with Gasteiger partial charge in [-0.15, -0.1) is 0 Å². The van der Waals surface area contributed by atoms with Crippen molar-refractivity contribution in [3.05, 3.63) is 186 Å². The summed E-state index contributed by atoms with van der Waals surface area (Å²) >= 11 is 0. The molecule has 0 unspecified atom stereocenters. The van der Waals surface area contributed by atoms with E-state index >= 15 is 0 Å². The first-order valence-corrected chi connectivity index (χ1v) is 22.4. The molecule has 4 saturated carbocycles. The van der Waals surface area contributed by atoms with Gasteiger partial charge in [0.2, 0.25) is 0 Å². The van der Waals surface area contributed by atoms with E-state index in [4.69, 9.17) is 15.0 Å². The summed E-state index contributed by atoms with van der Waals surface area (Å²) < 4.78 is 0. The van der Waals surface area contributed by atoms with Gasteiger partial charge in [0.15, 0.2) is 17.5 Å². The minimum atomic E-state index is -0.134. The Morgan fingerprint density at radius 1 is 0.377 bits per heavy atom. The molecular formula is C58H47N3. The van der Waals surface area contributed by atoms with Gasteiger partial charge in [0.05, 0.1) is 0 Å². The summed E-state index contributed by atoms with van der Waals surface area (Å²) in [6.07, 6.45) is 6.96. The number of aromatic nitrogens is 3. The van der Waals surface area contributed by atoms with Crippen LogP contribution in [0.4, 0.5) is 0 Å². The monoisotopic (exact) mass is 785 g/mol. The van der Waals surface area contributed by atoms with E-state index in [9.17, 15) is 0 Å². The van der Waals surface area contributed by atoms with Crippen molar-refractivity contribution in [1.82, 2.24) is 15.0 Å². The number of benzene rings is 7. The lowest BCUT2D eigenvalue weighted by molar-refractivity contribution is -0.0399. The molecule has 6 aliphatic rings. The van der Waals surface area contributed by atoms with Gasteiger partial charge in [-0.3, -0.25) is 0 Å². The van der Waals surface area contributed by atoms with Crippen LogP contribution in [0.2, 0.25) is 0 Å². The molecule has 4 bridgehead atoms. The van der Waals surface area contributed by atoms with Crippen LogP contribution in [-0.4, -0.2) is 15.0 Å². The van der Waals surface area contributed by atoms with E-state index in [1.165, 1.54) is 82.2 Å². The Labute approximate surface area is 358 Å². The normalized spacial score (nSPS) is 23.1. The number of hydrogen-bond donors (Lipinski definition) is 0. The van der Waals surface area contributed by atoms with Crippen molar-refractivity contribution in [3.63, 3.8) is 0 Å². The molecule has 0 atom stereocenters. The molecular weight excluding hydrogens is 739 g/mol. The quantitative estimate of drug-likeness (QED) is 0.174. The molecule has 7 aromatic carbocycles. The van der Waals surface area contributed by atoms with Crippen molar-refractivity contribution in [3.8, 4) is 78.7 Å². The zero-order valence-corrected chi connectivity index (χ0v) is 34.8. The molecule has 1 heterocycles. The van der Waals surface area contributed by atoms with Crippen molar-refractivity contribution in [1.29, 1.82) is 0 Å². The fourth-order valence-corrected chi connectivity index (χ4v) is 13.4. The first-order valence-electron chi connectivity index (χ1n) is 22.4. The lowest BCUT2D eigenvalue weighted by Gasteiger charge is -2.61. The zero-order chi connectivity index (χ0) is 40.5. The van der Waals surface area contributed by atoms with Crippen molar-refractivity contribution in [2.45, 2.75) is 56.8 Å². The van der Waals surface area contributed by atoms with E-state index in [-0.39, 0.29) is 10.8 Å². The highest BCUT2D eigenvalue weighted by atomic mass is 15.0. The van der Waals surface area contributed by atoms with Crippen LogP contribution < -0.4 is 0 Å². The number of rotatable bonds is 5. The summed E-state index contributed by atoms with van der Waals surface area (Å²) in [4.78, 5) is 15.3. The third kappa shape index (κ3) is 5.07. The molecule has 3 nitrogen and oxygen atoms in total. The molecule has 6 aliphatic carbocycles. The second kappa shape index (κ2) is 13.0. The fraction of sp³-hybridized carbons (Fsp3) is 0.224. The van der Waals surface area contributed by atoms with Crippen molar-refractivity contribution < 1.29 is 0 Å². The number of nitrogens with zero attached hydrogens (tertiary/aromatic N) is 3. The van der Waals surface area contributed by atoms with Gasteiger partial charge in [-0.25, -0.2) is 15.0 Å². The molecule has 4 fully saturated rings. The van der Waals surface area contributed by atoms with Crippen LogP contribution in [-0.2, 0) is 10.8 Å². The minimum absolute atomic E-state index is 0.0857. The van der Waals surface area contributed by atoms with Gasteiger partial charge in [-0.05, 0) is 129 Å². The van der Waals surface area contributed by atoms with Gasteiger partial charge in [-0.1, -0.05) is 172 Å². The smallest absolute Gasteiger partial charge is 0.164 e. The third-order valence-corrected chi connectivity index (χ3v) is 15.7. The van der Waals surface area contributed by atoms with Crippen LogP contribution in [0, 0.1) is 23.7 Å². The molecule has 14 rings (SSSR count). The second-order valence-electron chi connectivity index (χ2n) is 19.2. The number of hydrogen-bond acceptors (Lipinski definition) is 3. The molecule has 0 N–H and O–H groups in total. The second-order valence-corrected chi connectivity index (χ2v) is 19.2. The van der Waals surface area contributed by atoms with Crippen LogP contribution in [0.1, 0.15) is 68.2 Å². The van der Waals surface area contributed by atoms with E-state index in [1.54, 1.807) is 16.7 Å². The van der Waals surface area contributed by atoms with E-state index in [2.05, 4.69) is 159 Å². The van der Waals surface area contributed by atoms with Crippen molar-refractivity contribution in [2.24, 2.45) is 23.7 Å². The Balaban J connectivity index is 0.977. The molecule has 0 radical (unpaired) electrons. The first-order chi connectivity index (χ1) is 29.9.